The number of para-hydroxylation sites is 1. The number of hydrogen-bond acceptors (Lipinski definition) is 6. The molecule has 0 atom stereocenters. The Hall–Kier alpha value is -4.22. The molecular formula is C29H28N6O2. The lowest BCUT2D eigenvalue weighted by Gasteiger charge is -2.58. The second-order valence-corrected chi connectivity index (χ2v) is 10.3. The van der Waals surface area contributed by atoms with Gasteiger partial charge in [-0.15, -0.1) is 0 Å². The van der Waals surface area contributed by atoms with Gasteiger partial charge in [-0.05, 0) is 69.3 Å². The van der Waals surface area contributed by atoms with Gasteiger partial charge in [-0.1, -0.05) is 24.1 Å². The fourth-order valence-corrected chi connectivity index (χ4v) is 5.29. The largest absolute Gasteiger partial charge is 0.457 e. The van der Waals surface area contributed by atoms with Crippen LogP contribution in [0.1, 0.15) is 18.9 Å². The third kappa shape index (κ3) is 4.54. The van der Waals surface area contributed by atoms with Crippen molar-refractivity contribution in [2.75, 3.05) is 33.7 Å². The second kappa shape index (κ2) is 9.34. The summed E-state index contributed by atoms with van der Waals surface area (Å²) in [5.74, 6) is 7.19. The lowest BCUT2D eigenvalue weighted by molar-refractivity contribution is -0.147. The molecule has 1 aliphatic carbocycles. The van der Waals surface area contributed by atoms with Crippen LogP contribution in [0.4, 0.5) is 0 Å². The van der Waals surface area contributed by atoms with Gasteiger partial charge in [0, 0.05) is 30.3 Å². The summed E-state index contributed by atoms with van der Waals surface area (Å²) in [5.41, 5.74) is 2.87. The van der Waals surface area contributed by atoms with Gasteiger partial charge >= 0.3 is 0 Å². The fourth-order valence-electron chi connectivity index (χ4n) is 5.29. The average Bonchev–Trinajstić information content (AvgIpc) is 3.23. The summed E-state index contributed by atoms with van der Waals surface area (Å²) in [7, 11) is 3.88. The van der Waals surface area contributed by atoms with Crippen LogP contribution in [0, 0.1) is 17.3 Å². The molecule has 1 saturated carbocycles. The lowest BCUT2D eigenvalue weighted by Crippen LogP contribution is -2.63. The van der Waals surface area contributed by atoms with Gasteiger partial charge in [0.1, 0.15) is 23.5 Å². The normalized spacial score (nSPS) is 16.2. The topological polar surface area (TPSA) is 76.4 Å². The first-order valence-electron chi connectivity index (χ1n) is 12.4. The molecule has 2 aromatic carbocycles. The Kier molecular flexibility index (Phi) is 5.85. The first-order valence-corrected chi connectivity index (χ1v) is 12.4. The van der Waals surface area contributed by atoms with Gasteiger partial charge in [-0.3, -0.25) is 9.69 Å². The van der Waals surface area contributed by atoms with E-state index in [1.54, 1.807) is 6.33 Å². The quantitative estimate of drug-likeness (QED) is 0.392. The fraction of sp³-hybridized carbons (Fsp3) is 0.310. The zero-order valence-electron chi connectivity index (χ0n) is 21.0. The summed E-state index contributed by atoms with van der Waals surface area (Å²) in [6, 6.07) is 17.9. The van der Waals surface area contributed by atoms with Crippen LogP contribution in [0.25, 0.3) is 22.3 Å². The maximum atomic E-state index is 12.3. The molecule has 1 spiro atoms. The molecule has 2 aromatic heterocycles. The summed E-state index contributed by atoms with van der Waals surface area (Å²) in [6.45, 7) is 2.12. The van der Waals surface area contributed by atoms with E-state index in [4.69, 9.17) is 9.84 Å². The Morgan fingerprint density at radius 3 is 2.54 bits per heavy atom. The predicted molar refractivity (Wildman–Crippen MR) is 141 cm³/mol. The lowest BCUT2D eigenvalue weighted by atomic mass is 9.60. The van der Waals surface area contributed by atoms with Crippen molar-refractivity contribution in [2.45, 2.75) is 18.9 Å². The third-order valence-corrected chi connectivity index (χ3v) is 7.09. The molecule has 0 N–H and O–H groups in total. The number of ether oxygens (including phenoxy) is 1. The Balaban J connectivity index is 1.16. The Bertz CT molecular complexity index is 1490. The molecular weight excluding hydrogens is 464 g/mol. The van der Waals surface area contributed by atoms with Crippen LogP contribution in [-0.4, -0.2) is 69.2 Å². The van der Waals surface area contributed by atoms with Gasteiger partial charge < -0.3 is 9.64 Å². The van der Waals surface area contributed by atoms with E-state index in [9.17, 15) is 4.79 Å². The maximum Gasteiger partial charge on any atom is 0.298 e. The zero-order valence-corrected chi connectivity index (χ0v) is 21.0. The number of benzene rings is 2. The van der Waals surface area contributed by atoms with Crippen LogP contribution < -0.4 is 4.74 Å². The molecule has 186 valence electrons. The smallest absolute Gasteiger partial charge is 0.298 e. The molecule has 1 amide bonds. The van der Waals surface area contributed by atoms with E-state index in [0.717, 1.165) is 59.7 Å². The number of rotatable bonds is 5. The van der Waals surface area contributed by atoms with Crippen LogP contribution >= 0.6 is 0 Å². The number of carbonyl (C=O) groups is 1. The third-order valence-electron chi connectivity index (χ3n) is 7.09. The summed E-state index contributed by atoms with van der Waals surface area (Å²) >= 11 is 0. The standard InChI is InChI=1S/C29H28N6O2/c1-33(2)14-6-9-26(36)34-18-29(19-34)15-22(16-29)35-28-25(17-30-20-31-28)27(32-35)21-10-12-24(13-11-21)37-23-7-4-3-5-8-23/h3-5,7-8,10-13,17,20,22H,14-16,18-19H2,1-2H3. The molecule has 8 nitrogen and oxygen atoms in total. The number of likely N-dealkylation sites (tertiary alicyclic amines) is 1. The van der Waals surface area contributed by atoms with Crippen molar-refractivity contribution in [3.63, 3.8) is 0 Å². The van der Waals surface area contributed by atoms with Crippen molar-refractivity contribution < 1.29 is 9.53 Å². The van der Waals surface area contributed by atoms with Crippen LogP contribution in [-0.2, 0) is 4.79 Å². The monoisotopic (exact) mass is 492 g/mol. The van der Waals surface area contributed by atoms with Gasteiger partial charge in [0.25, 0.3) is 5.91 Å². The minimum Gasteiger partial charge on any atom is -0.457 e. The minimum atomic E-state index is -0.0739. The first-order chi connectivity index (χ1) is 18.0. The van der Waals surface area contributed by atoms with Crippen molar-refractivity contribution in [3.05, 3.63) is 67.1 Å². The predicted octanol–water partition coefficient (Wildman–Crippen LogP) is 4.01. The van der Waals surface area contributed by atoms with Crippen LogP contribution in [0.3, 0.4) is 0 Å². The molecule has 0 radical (unpaired) electrons. The molecule has 2 aliphatic rings. The summed E-state index contributed by atoms with van der Waals surface area (Å²) in [4.78, 5) is 25.0. The highest BCUT2D eigenvalue weighted by Crippen LogP contribution is 2.54. The highest BCUT2D eigenvalue weighted by Gasteiger charge is 2.54. The Morgan fingerprint density at radius 1 is 1.08 bits per heavy atom. The number of hydrogen-bond donors (Lipinski definition) is 0. The van der Waals surface area contributed by atoms with Crippen LogP contribution in [0.5, 0.6) is 11.5 Å². The first kappa shape index (κ1) is 23.2. The van der Waals surface area contributed by atoms with Crippen molar-refractivity contribution >= 4 is 16.9 Å². The number of carbonyl (C=O) groups excluding carboxylic acids is 1. The number of fused-ring (bicyclic) bond motifs is 1. The maximum absolute atomic E-state index is 12.3. The average molecular weight is 493 g/mol. The molecule has 0 unspecified atom stereocenters. The summed E-state index contributed by atoms with van der Waals surface area (Å²) in [6.07, 6.45) is 5.36. The zero-order chi connectivity index (χ0) is 25.4. The summed E-state index contributed by atoms with van der Waals surface area (Å²) in [5, 5.41) is 5.93. The van der Waals surface area contributed by atoms with E-state index >= 15 is 0 Å². The highest BCUT2D eigenvalue weighted by molar-refractivity contribution is 5.94. The van der Waals surface area contributed by atoms with E-state index in [0.29, 0.717) is 6.54 Å². The van der Waals surface area contributed by atoms with Crippen molar-refractivity contribution in [1.82, 2.24) is 29.5 Å². The molecule has 37 heavy (non-hydrogen) atoms. The SMILES string of the molecule is CN(C)CC#CC(=O)N1CC2(CC(n3nc(-c4ccc(Oc5ccccc5)cc4)c4cncnc43)C2)C1. The van der Waals surface area contributed by atoms with E-state index in [2.05, 4.69) is 21.8 Å². The van der Waals surface area contributed by atoms with E-state index in [-0.39, 0.29) is 17.4 Å². The minimum absolute atomic E-state index is 0.0739. The molecule has 3 heterocycles. The van der Waals surface area contributed by atoms with E-state index in [1.807, 2.05) is 89.4 Å². The van der Waals surface area contributed by atoms with Crippen LogP contribution in [0.2, 0.25) is 0 Å². The molecule has 1 aliphatic heterocycles. The number of nitrogens with zero attached hydrogens (tertiary/aromatic N) is 6. The second-order valence-electron chi connectivity index (χ2n) is 10.3. The molecule has 4 aromatic rings. The Morgan fingerprint density at radius 2 is 1.81 bits per heavy atom. The Labute approximate surface area is 215 Å². The van der Waals surface area contributed by atoms with E-state index < -0.39 is 0 Å². The molecule has 6 rings (SSSR count). The van der Waals surface area contributed by atoms with Crippen molar-refractivity contribution in [3.8, 4) is 34.6 Å². The van der Waals surface area contributed by atoms with Gasteiger partial charge in [-0.25, -0.2) is 14.6 Å². The van der Waals surface area contributed by atoms with E-state index in [1.165, 1.54) is 0 Å². The van der Waals surface area contributed by atoms with Gasteiger partial charge in [-0.2, -0.15) is 5.10 Å². The molecule has 8 heteroatoms. The van der Waals surface area contributed by atoms with Gasteiger partial charge in [0.05, 0.1) is 18.0 Å². The molecule has 0 bridgehead atoms. The van der Waals surface area contributed by atoms with Gasteiger partial charge in [0.15, 0.2) is 5.65 Å². The van der Waals surface area contributed by atoms with Gasteiger partial charge in [0.2, 0.25) is 0 Å². The molecule has 2 fully saturated rings. The summed E-state index contributed by atoms with van der Waals surface area (Å²) < 4.78 is 7.99. The van der Waals surface area contributed by atoms with Crippen molar-refractivity contribution in [1.29, 1.82) is 0 Å². The number of aromatic nitrogens is 4. The van der Waals surface area contributed by atoms with Crippen LogP contribution in [0.15, 0.2) is 67.1 Å². The van der Waals surface area contributed by atoms with Crippen molar-refractivity contribution in [2.24, 2.45) is 5.41 Å². The number of amides is 1. The molecule has 1 saturated heterocycles. The highest BCUT2D eigenvalue weighted by atomic mass is 16.5.